The van der Waals surface area contributed by atoms with Crippen molar-refractivity contribution in [2.24, 2.45) is 0 Å². The predicted molar refractivity (Wildman–Crippen MR) is 78.2 cm³/mol. The number of hydrogen-bond donors (Lipinski definition) is 2. The van der Waals surface area contributed by atoms with Crippen LogP contribution in [-0.2, 0) is 9.47 Å². The number of aliphatic hydroxyl groups is 1. The highest BCUT2D eigenvalue weighted by molar-refractivity contribution is 7.18. The fourth-order valence-electron chi connectivity index (χ4n) is 2.74. The molecule has 2 saturated heterocycles. The van der Waals surface area contributed by atoms with Crippen molar-refractivity contribution in [2.45, 2.75) is 24.4 Å². The van der Waals surface area contributed by atoms with Gasteiger partial charge in [0.15, 0.2) is 0 Å². The highest BCUT2D eigenvalue weighted by Gasteiger charge is 2.47. The molecule has 4 atom stereocenters. The van der Waals surface area contributed by atoms with Gasteiger partial charge in [-0.3, -0.25) is 0 Å². The van der Waals surface area contributed by atoms with E-state index in [4.69, 9.17) is 9.47 Å². The number of aromatic nitrogens is 2. The molecular formula is C14H15N3O3S. The van der Waals surface area contributed by atoms with Crippen molar-refractivity contribution in [3.05, 3.63) is 30.3 Å². The first-order valence-corrected chi connectivity index (χ1v) is 7.69. The van der Waals surface area contributed by atoms with Crippen LogP contribution in [0.1, 0.15) is 0 Å². The van der Waals surface area contributed by atoms with Crippen molar-refractivity contribution in [3.63, 3.8) is 0 Å². The van der Waals surface area contributed by atoms with Gasteiger partial charge in [-0.2, -0.15) is 0 Å². The summed E-state index contributed by atoms with van der Waals surface area (Å²) in [5, 5.41) is 23.0. The maximum absolute atomic E-state index is 9.73. The van der Waals surface area contributed by atoms with E-state index < -0.39 is 6.10 Å². The molecule has 0 radical (unpaired) electrons. The number of aliphatic hydroxyl groups excluding tert-OH is 1. The summed E-state index contributed by atoms with van der Waals surface area (Å²) in [5.41, 5.74) is 1.05. The summed E-state index contributed by atoms with van der Waals surface area (Å²) in [7, 11) is 0. The number of rotatable bonds is 3. The number of benzene rings is 1. The lowest BCUT2D eigenvalue weighted by atomic mass is 10.1. The Morgan fingerprint density at radius 3 is 2.76 bits per heavy atom. The summed E-state index contributed by atoms with van der Waals surface area (Å²) in [4.78, 5) is 0. The molecule has 2 fully saturated rings. The summed E-state index contributed by atoms with van der Waals surface area (Å²) in [6, 6.07) is 9.96. The highest BCUT2D eigenvalue weighted by atomic mass is 32.1. The van der Waals surface area contributed by atoms with Gasteiger partial charge in [-0.25, -0.2) is 0 Å². The third-order valence-corrected chi connectivity index (χ3v) is 4.69. The second kappa shape index (κ2) is 5.34. The van der Waals surface area contributed by atoms with Gasteiger partial charge in [0, 0.05) is 5.56 Å². The second-order valence-corrected chi connectivity index (χ2v) is 6.17. The van der Waals surface area contributed by atoms with E-state index in [0.717, 1.165) is 15.7 Å². The van der Waals surface area contributed by atoms with Gasteiger partial charge in [0.25, 0.3) is 0 Å². The minimum absolute atomic E-state index is 0.00345. The average Bonchev–Trinajstić information content (AvgIpc) is 3.21. The predicted octanol–water partition coefficient (Wildman–Crippen LogP) is 1.14. The zero-order chi connectivity index (χ0) is 14.2. The Labute approximate surface area is 125 Å². The van der Waals surface area contributed by atoms with Crippen molar-refractivity contribution < 1.29 is 14.6 Å². The standard InChI is InChI=1S/C14H15N3O3S/c18-10-7-20-11-9(6-19-12(10)11)15-14-17-16-13(21-14)8-4-2-1-3-5-8/h1-5,9-12,18H,6-7H2,(H,15,17)/t9-,10-,11-,12-/m1/s1. The number of hydrogen-bond acceptors (Lipinski definition) is 7. The topological polar surface area (TPSA) is 76.5 Å². The molecule has 110 valence electrons. The van der Waals surface area contributed by atoms with Gasteiger partial charge in [-0.05, 0) is 0 Å². The summed E-state index contributed by atoms with van der Waals surface area (Å²) in [5.74, 6) is 0. The van der Waals surface area contributed by atoms with E-state index in [1.165, 1.54) is 11.3 Å². The fourth-order valence-corrected chi connectivity index (χ4v) is 3.55. The van der Waals surface area contributed by atoms with Crippen LogP contribution >= 0.6 is 11.3 Å². The smallest absolute Gasteiger partial charge is 0.206 e. The van der Waals surface area contributed by atoms with Crippen LogP contribution in [-0.4, -0.2) is 52.9 Å². The molecule has 2 aromatic rings. The normalized spacial score (nSPS) is 31.3. The number of nitrogens with one attached hydrogen (secondary N) is 1. The van der Waals surface area contributed by atoms with Crippen molar-refractivity contribution in [1.82, 2.24) is 10.2 Å². The first kappa shape index (κ1) is 13.1. The first-order valence-electron chi connectivity index (χ1n) is 6.88. The summed E-state index contributed by atoms with van der Waals surface area (Å²) >= 11 is 1.50. The van der Waals surface area contributed by atoms with E-state index in [2.05, 4.69) is 15.5 Å². The van der Waals surface area contributed by atoms with Gasteiger partial charge < -0.3 is 19.9 Å². The fraction of sp³-hybridized carbons (Fsp3) is 0.429. The van der Waals surface area contributed by atoms with E-state index in [1.54, 1.807) is 0 Å². The number of anilines is 1. The Morgan fingerprint density at radius 2 is 1.90 bits per heavy atom. The molecule has 2 aliphatic rings. The average molecular weight is 305 g/mol. The van der Waals surface area contributed by atoms with E-state index in [9.17, 15) is 5.11 Å². The Balaban J connectivity index is 1.48. The third-order valence-electron chi connectivity index (χ3n) is 3.78. The molecule has 0 unspecified atom stereocenters. The van der Waals surface area contributed by atoms with Crippen LogP contribution in [0.25, 0.3) is 10.6 Å². The lowest BCUT2D eigenvalue weighted by molar-refractivity contribution is 0.0184. The van der Waals surface area contributed by atoms with Gasteiger partial charge in [-0.15, -0.1) is 10.2 Å². The van der Waals surface area contributed by atoms with E-state index >= 15 is 0 Å². The molecule has 0 saturated carbocycles. The van der Waals surface area contributed by atoms with Crippen LogP contribution in [0.5, 0.6) is 0 Å². The molecule has 3 heterocycles. The van der Waals surface area contributed by atoms with Crippen molar-refractivity contribution in [1.29, 1.82) is 0 Å². The largest absolute Gasteiger partial charge is 0.388 e. The number of ether oxygens (including phenoxy) is 2. The van der Waals surface area contributed by atoms with E-state index in [0.29, 0.717) is 13.2 Å². The van der Waals surface area contributed by atoms with Crippen LogP contribution in [0.4, 0.5) is 5.13 Å². The van der Waals surface area contributed by atoms with Crippen molar-refractivity contribution >= 4 is 16.5 Å². The van der Waals surface area contributed by atoms with Gasteiger partial charge in [0.2, 0.25) is 5.13 Å². The minimum atomic E-state index is -0.531. The Hall–Kier alpha value is -1.54. The van der Waals surface area contributed by atoms with Gasteiger partial charge in [0.1, 0.15) is 23.3 Å². The number of fused-ring (bicyclic) bond motifs is 1. The Morgan fingerprint density at radius 1 is 1.10 bits per heavy atom. The second-order valence-electron chi connectivity index (χ2n) is 5.19. The van der Waals surface area contributed by atoms with Crippen LogP contribution in [0, 0.1) is 0 Å². The van der Waals surface area contributed by atoms with Crippen molar-refractivity contribution in [3.8, 4) is 10.6 Å². The molecule has 1 aromatic heterocycles. The molecule has 0 aliphatic carbocycles. The molecule has 21 heavy (non-hydrogen) atoms. The quantitative estimate of drug-likeness (QED) is 0.886. The molecule has 2 N–H and O–H groups in total. The molecule has 0 amide bonds. The Kier molecular flexibility index (Phi) is 3.34. The molecule has 1 aromatic carbocycles. The SMILES string of the molecule is O[C@@H]1CO[C@H]2[C@@H]1OC[C@H]2Nc1nnc(-c2ccccc2)s1. The molecule has 0 spiro atoms. The minimum Gasteiger partial charge on any atom is -0.388 e. The summed E-state index contributed by atoms with van der Waals surface area (Å²) in [6.45, 7) is 0.839. The molecule has 4 rings (SSSR count). The first-order chi connectivity index (χ1) is 10.3. The lowest BCUT2D eigenvalue weighted by Gasteiger charge is -2.16. The van der Waals surface area contributed by atoms with Gasteiger partial charge in [0.05, 0.1) is 19.3 Å². The van der Waals surface area contributed by atoms with Crippen LogP contribution in [0.15, 0.2) is 30.3 Å². The van der Waals surface area contributed by atoms with Gasteiger partial charge >= 0.3 is 0 Å². The maximum Gasteiger partial charge on any atom is 0.206 e. The summed E-state index contributed by atoms with van der Waals surface area (Å²) < 4.78 is 11.2. The molecule has 6 nitrogen and oxygen atoms in total. The van der Waals surface area contributed by atoms with E-state index in [-0.39, 0.29) is 18.2 Å². The third kappa shape index (κ3) is 2.42. The highest BCUT2D eigenvalue weighted by Crippen LogP contribution is 2.31. The zero-order valence-electron chi connectivity index (χ0n) is 11.2. The molecule has 7 heteroatoms. The monoisotopic (exact) mass is 305 g/mol. The molecule has 2 aliphatic heterocycles. The van der Waals surface area contributed by atoms with Gasteiger partial charge in [-0.1, -0.05) is 41.7 Å². The Bertz CT molecular complexity index is 621. The van der Waals surface area contributed by atoms with Crippen LogP contribution in [0.2, 0.25) is 0 Å². The zero-order valence-corrected chi connectivity index (χ0v) is 12.0. The maximum atomic E-state index is 9.73. The van der Waals surface area contributed by atoms with Crippen molar-refractivity contribution in [2.75, 3.05) is 18.5 Å². The molecular weight excluding hydrogens is 290 g/mol. The number of nitrogens with zero attached hydrogens (tertiary/aromatic N) is 2. The summed E-state index contributed by atoms with van der Waals surface area (Å²) in [6.07, 6.45) is -0.885. The van der Waals surface area contributed by atoms with Crippen LogP contribution in [0.3, 0.4) is 0 Å². The van der Waals surface area contributed by atoms with Crippen LogP contribution < -0.4 is 5.32 Å². The van der Waals surface area contributed by atoms with E-state index in [1.807, 2.05) is 30.3 Å². The molecule has 0 bridgehead atoms. The lowest BCUT2D eigenvalue weighted by Crippen LogP contribution is -2.35.